The number of nitrogens with zero attached hydrogens (tertiary/aromatic N) is 1. The summed E-state index contributed by atoms with van der Waals surface area (Å²) in [5, 5.41) is 0. The van der Waals surface area contributed by atoms with E-state index in [0.717, 1.165) is 0 Å². The van der Waals surface area contributed by atoms with Gasteiger partial charge in [0, 0.05) is 18.3 Å². The molecular formula is C10H16N2O. The summed E-state index contributed by atoms with van der Waals surface area (Å²) in [6.07, 6.45) is 5.39. The molecule has 0 radical (unpaired) electrons. The molecule has 0 aliphatic carbocycles. The van der Waals surface area contributed by atoms with Gasteiger partial charge in [-0.05, 0) is 19.9 Å². The molecule has 0 unspecified atom stereocenters. The van der Waals surface area contributed by atoms with Gasteiger partial charge in [-0.25, -0.2) is 0 Å². The Morgan fingerprint density at radius 1 is 1.54 bits per heavy atom. The summed E-state index contributed by atoms with van der Waals surface area (Å²) in [7, 11) is 0. The molecule has 0 spiro atoms. The van der Waals surface area contributed by atoms with Crippen LogP contribution in [0.15, 0.2) is 29.0 Å². The van der Waals surface area contributed by atoms with Crippen LogP contribution in [0, 0.1) is 0 Å². The van der Waals surface area contributed by atoms with E-state index in [4.69, 9.17) is 5.73 Å². The number of hydrogen-bond acceptors (Lipinski definition) is 3. The number of ketones is 1. The minimum atomic E-state index is 0.00269. The van der Waals surface area contributed by atoms with Crippen LogP contribution in [0.25, 0.3) is 0 Å². The van der Waals surface area contributed by atoms with Crippen LogP contribution in [0.5, 0.6) is 0 Å². The second-order valence-corrected chi connectivity index (χ2v) is 2.66. The molecule has 2 N–H and O–H groups in total. The third-order valence-corrected chi connectivity index (χ3v) is 1.33. The lowest BCUT2D eigenvalue weighted by Crippen LogP contribution is -2.11. The highest BCUT2D eigenvalue weighted by atomic mass is 16.1. The zero-order chi connectivity index (χ0) is 10.3. The van der Waals surface area contributed by atoms with Gasteiger partial charge in [0.1, 0.15) is 5.71 Å². The molecule has 0 aliphatic rings. The molecule has 0 aliphatic heterocycles. The van der Waals surface area contributed by atoms with Gasteiger partial charge in [-0.1, -0.05) is 13.0 Å². The van der Waals surface area contributed by atoms with Gasteiger partial charge in [0.05, 0.1) is 0 Å². The van der Waals surface area contributed by atoms with Crippen molar-refractivity contribution < 1.29 is 4.79 Å². The van der Waals surface area contributed by atoms with Crippen molar-refractivity contribution in [2.45, 2.75) is 27.2 Å². The monoisotopic (exact) mass is 180 g/mol. The van der Waals surface area contributed by atoms with Crippen LogP contribution in [0.3, 0.4) is 0 Å². The Kier molecular flexibility index (Phi) is 5.52. The van der Waals surface area contributed by atoms with Crippen LogP contribution in [-0.2, 0) is 4.79 Å². The van der Waals surface area contributed by atoms with Crippen molar-refractivity contribution in [3.05, 3.63) is 24.0 Å². The van der Waals surface area contributed by atoms with E-state index in [1.807, 2.05) is 6.92 Å². The predicted molar refractivity (Wildman–Crippen MR) is 55.5 cm³/mol. The second kappa shape index (κ2) is 6.17. The smallest absolute Gasteiger partial charge is 0.180 e. The molecule has 72 valence electrons. The van der Waals surface area contributed by atoms with Gasteiger partial charge in [-0.2, -0.15) is 0 Å². The Balaban J connectivity index is 4.76. The minimum absolute atomic E-state index is 0.00269. The average molecular weight is 180 g/mol. The second-order valence-electron chi connectivity index (χ2n) is 2.66. The number of nitrogens with two attached hydrogens (primary N) is 1. The lowest BCUT2D eigenvalue weighted by molar-refractivity contribution is -0.112. The lowest BCUT2D eigenvalue weighted by Gasteiger charge is -1.96. The Morgan fingerprint density at radius 3 is 2.54 bits per heavy atom. The van der Waals surface area contributed by atoms with Crippen LogP contribution < -0.4 is 5.73 Å². The van der Waals surface area contributed by atoms with Crippen LogP contribution in [-0.4, -0.2) is 11.5 Å². The van der Waals surface area contributed by atoms with Crippen molar-refractivity contribution in [1.29, 1.82) is 0 Å². The Hall–Kier alpha value is -1.38. The first-order valence-electron chi connectivity index (χ1n) is 4.27. The molecule has 0 fully saturated rings. The first-order chi connectivity index (χ1) is 6.11. The fraction of sp³-hybridized carbons (Fsp3) is 0.400. The van der Waals surface area contributed by atoms with Gasteiger partial charge < -0.3 is 5.73 Å². The first-order valence-corrected chi connectivity index (χ1v) is 4.27. The van der Waals surface area contributed by atoms with E-state index < -0.39 is 0 Å². The molecule has 0 heterocycles. The maximum Gasteiger partial charge on any atom is 0.180 e. The summed E-state index contributed by atoms with van der Waals surface area (Å²) in [6, 6.07) is 0. The van der Waals surface area contributed by atoms with Gasteiger partial charge in [-0.3, -0.25) is 9.79 Å². The fourth-order valence-corrected chi connectivity index (χ4v) is 0.741. The van der Waals surface area contributed by atoms with E-state index in [1.165, 1.54) is 0 Å². The van der Waals surface area contributed by atoms with Crippen LogP contribution >= 0.6 is 0 Å². The number of allylic oxidation sites excluding steroid dienone is 3. The molecule has 0 aromatic heterocycles. The predicted octanol–water partition coefficient (Wildman–Crippen LogP) is 1.80. The molecular weight excluding hydrogens is 164 g/mol. The third-order valence-electron chi connectivity index (χ3n) is 1.33. The van der Waals surface area contributed by atoms with E-state index >= 15 is 0 Å². The van der Waals surface area contributed by atoms with Crippen molar-refractivity contribution in [2.75, 3.05) is 0 Å². The van der Waals surface area contributed by atoms with E-state index in [2.05, 4.69) is 4.99 Å². The molecule has 0 atom stereocenters. The first kappa shape index (κ1) is 11.6. The third kappa shape index (κ3) is 4.95. The van der Waals surface area contributed by atoms with E-state index in [-0.39, 0.29) is 5.78 Å². The molecule has 0 saturated carbocycles. The van der Waals surface area contributed by atoms with Crippen LogP contribution in [0.1, 0.15) is 27.2 Å². The normalized spacial score (nSPS) is 13.8. The Labute approximate surface area is 79.0 Å². The standard InChI is InChI=1S/C10H16N2O/c1-4-6-12-9(7-8(3)11)10(13)5-2/h4,6-7H,5,11H2,1-3H3/b6-4+,8-7+,12-9+. The number of aliphatic imine (C=N–C) groups is 1. The van der Waals surface area contributed by atoms with Crippen LogP contribution in [0.4, 0.5) is 0 Å². The van der Waals surface area contributed by atoms with Gasteiger partial charge in [0.25, 0.3) is 0 Å². The maximum atomic E-state index is 11.3. The quantitative estimate of drug-likeness (QED) is 0.671. The molecule has 3 heteroatoms. The van der Waals surface area contributed by atoms with E-state index in [0.29, 0.717) is 17.8 Å². The number of hydrogen-bond donors (Lipinski definition) is 1. The minimum Gasteiger partial charge on any atom is -0.402 e. The number of carbonyl (C=O) groups excluding carboxylic acids is 1. The zero-order valence-electron chi connectivity index (χ0n) is 8.37. The van der Waals surface area contributed by atoms with Gasteiger partial charge in [0.15, 0.2) is 5.78 Å². The molecule has 13 heavy (non-hydrogen) atoms. The Bertz CT molecular complexity index is 258. The average Bonchev–Trinajstić information content (AvgIpc) is 2.10. The molecule has 0 aromatic carbocycles. The summed E-state index contributed by atoms with van der Waals surface area (Å²) in [4.78, 5) is 15.3. The van der Waals surface area contributed by atoms with Gasteiger partial charge in [-0.15, -0.1) is 0 Å². The van der Waals surface area contributed by atoms with Crippen molar-refractivity contribution in [1.82, 2.24) is 0 Å². The molecule has 0 saturated heterocycles. The molecule has 0 bridgehead atoms. The van der Waals surface area contributed by atoms with Gasteiger partial charge >= 0.3 is 0 Å². The highest BCUT2D eigenvalue weighted by molar-refractivity contribution is 6.44. The van der Waals surface area contributed by atoms with Crippen molar-refractivity contribution in [3.63, 3.8) is 0 Å². The number of carbonyl (C=O) groups is 1. The topological polar surface area (TPSA) is 55.4 Å². The van der Waals surface area contributed by atoms with Crippen molar-refractivity contribution in [2.24, 2.45) is 10.7 Å². The summed E-state index contributed by atoms with van der Waals surface area (Å²) in [5.41, 5.74) is 6.47. The summed E-state index contributed by atoms with van der Waals surface area (Å²) in [5.74, 6) is 0.00269. The number of Topliss-reactive ketones (excluding diaryl/α,β-unsaturated/α-hetero) is 1. The van der Waals surface area contributed by atoms with E-state index in [9.17, 15) is 4.79 Å². The SMILES string of the molecule is C/C=C/N=C(\C=C(/C)N)C(=O)CC. The molecule has 0 rings (SSSR count). The largest absolute Gasteiger partial charge is 0.402 e. The van der Waals surface area contributed by atoms with Crippen molar-refractivity contribution >= 4 is 11.5 Å². The number of rotatable bonds is 4. The van der Waals surface area contributed by atoms with E-state index in [1.54, 1.807) is 32.2 Å². The Morgan fingerprint density at radius 2 is 2.15 bits per heavy atom. The highest BCUT2D eigenvalue weighted by Gasteiger charge is 2.04. The highest BCUT2D eigenvalue weighted by Crippen LogP contribution is 1.93. The molecule has 3 nitrogen and oxygen atoms in total. The van der Waals surface area contributed by atoms with Crippen LogP contribution in [0.2, 0.25) is 0 Å². The molecule has 0 aromatic rings. The fourth-order valence-electron chi connectivity index (χ4n) is 0.741. The summed E-state index contributed by atoms with van der Waals surface area (Å²) >= 11 is 0. The summed E-state index contributed by atoms with van der Waals surface area (Å²) in [6.45, 7) is 5.37. The van der Waals surface area contributed by atoms with Crippen molar-refractivity contribution in [3.8, 4) is 0 Å². The zero-order valence-corrected chi connectivity index (χ0v) is 8.37. The lowest BCUT2D eigenvalue weighted by atomic mass is 10.2. The summed E-state index contributed by atoms with van der Waals surface area (Å²) < 4.78 is 0. The van der Waals surface area contributed by atoms with Gasteiger partial charge in [0.2, 0.25) is 0 Å². The molecule has 0 amide bonds. The maximum absolute atomic E-state index is 11.3.